The first-order valence-corrected chi connectivity index (χ1v) is 7.19. The molecule has 2 fully saturated rings. The van der Waals surface area contributed by atoms with E-state index in [1.807, 2.05) is 6.07 Å². The highest BCUT2D eigenvalue weighted by Gasteiger charge is 2.42. The first kappa shape index (κ1) is 13.0. The minimum atomic E-state index is 0.101. The van der Waals surface area contributed by atoms with Gasteiger partial charge in [0.05, 0.1) is 17.3 Å². The van der Waals surface area contributed by atoms with Crippen LogP contribution in [0.25, 0.3) is 0 Å². The molecule has 2 atom stereocenters. The van der Waals surface area contributed by atoms with Gasteiger partial charge in [-0.05, 0) is 37.7 Å². The summed E-state index contributed by atoms with van der Waals surface area (Å²) in [6.07, 6.45) is 10.5. The van der Waals surface area contributed by atoms with E-state index in [9.17, 15) is 0 Å². The second kappa shape index (κ2) is 5.53. The van der Waals surface area contributed by atoms with Crippen LogP contribution in [0.3, 0.4) is 0 Å². The van der Waals surface area contributed by atoms with Gasteiger partial charge in [0, 0.05) is 12.8 Å². The van der Waals surface area contributed by atoms with Crippen molar-refractivity contribution in [1.29, 1.82) is 0 Å². The molecule has 1 saturated carbocycles. The molecule has 5 nitrogen and oxygen atoms in total. The van der Waals surface area contributed by atoms with E-state index in [-0.39, 0.29) is 11.6 Å². The summed E-state index contributed by atoms with van der Waals surface area (Å²) >= 11 is 0. The molecule has 1 saturated heterocycles. The Morgan fingerprint density at radius 2 is 2.26 bits per heavy atom. The Morgan fingerprint density at radius 3 is 2.95 bits per heavy atom. The normalized spacial score (nSPS) is 27.5. The highest BCUT2D eigenvalue weighted by molar-refractivity contribution is 5.08. The minimum absolute atomic E-state index is 0.101. The smallest absolute Gasteiger partial charge is 0.115 e. The zero-order valence-electron chi connectivity index (χ0n) is 11.2. The van der Waals surface area contributed by atoms with Gasteiger partial charge in [0.25, 0.3) is 0 Å². The zero-order chi connectivity index (χ0) is 13.1. The van der Waals surface area contributed by atoms with Crippen LogP contribution in [-0.2, 0) is 4.74 Å². The molecule has 3 N–H and O–H groups in total. The van der Waals surface area contributed by atoms with Crippen LogP contribution in [0, 0.1) is 5.92 Å². The summed E-state index contributed by atoms with van der Waals surface area (Å²) in [4.78, 5) is 8.32. The summed E-state index contributed by atoms with van der Waals surface area (Å²) < 4.78 is 6.09. The fraction of sp³-hybridized carbons (Fsp3) is 0.714. The van der Waals surface area contributed by atoms with E-state index < -0.39 is 0 Å². The van der Waals surface area contributed by atoms with E-state index in [0.717, 1.165) is 25.1 Å². The Hall–Kier alpha value is -1.04. The molecule has 0 radical (unpaired) electrons. The summed E-state index contributed by atoms with van der Waals surface area (Å²) in [6.45, 7) is 0.841. The van der Waals surface area contributed by atoms with Crippen molar-refractivity contribution in [2.24, 2.45) is 11.8 Å². The van der Waals surface area contributed by atoms with E-state index in [1.54, 1.807) is 12.5 Å². The number of aromatic nitrogens is 2. The molecule has 0 amide bonds. The number of nitrogens with two attached hydrogens (primary N) is 1. The predicted molar refractivity (Wildman–Crippen MR) is 72.0 cm³/mol. The van der Waals surface area contributed by atoms with Gasteiger partial charge in [-0.2, -0.15) is 0 Å². The maximum Gasteiger partial charge on any atom is 0.115 e. The van der Waals surface area contributed by atoms with Gasteiger partial charge in [0.15, 0.2) is 0 Å². The Morgan fingerprint density at radius 1 is 1.42 bits per heavy atom. The summed E-state index contributed by atoms with van der Waals surface area (Å²) in [7, 11) is 0. The van der Waals surface area contributed by atoms with Gasteiger partial charge in [-0.25, -0.2) is 9.97 Å². The standard InChI is InChI=1S/C14H22N4O/c15-18-13(12-3-7-16-10-17-12)11-4-8-19-14(9-11)5-1-2-6-14/h3,7,10-11,13,18H,1-2,4-6,8-9,15H2. The van der Waals surface area contributed by atoms with E-state index in [1.165, 1.54) is 25.7 Å². The predicted octanol–water partition coefficient (Wildman–Crippen LogP) is 1.72. The third-order valence-corrected chi connectivity index (χ3v) is 4.62. The molecule has 2 aliphatic rings. The average Bonchev–Trinajstić information content (AvgIpc) is 2.89. The van der Waals surface area contributed by atoms with Crippen LogP contribution >= 0.6 is 0 Å². The van der Waals surface area contributed by atoms with Crippen molar-refractivity contribution < 1.29 is 4.74 Å². The molecule has 1 spiro atoms. The molecular formula is C14H22N4O. The summed E-state index contributed by atoms with van der Waals surface area (Å²) in [6, 6.07) is 2.05. The summed E-state index contributed by atoms with van der Waals surface area (Å²) in [5.74, 6) is 6.26. The zero-order valence-corrected chi connectivity index (χ0v) is 11.2. The van der Waals surface area contributed by atoms with Crippen molar-refractivity contribution in [3.63, 3.8) is 0 Å². The monoisotopic (exact) mass is 262 g/mol. The highest BCUT2D eigenvalue weighted by atomic mass is 16.5. The van der Waals surface area contributed by atoms with Gasteiger partial charge < -0.3 is 4.74 Å². The van der Waals surface area contributed by atoms with Crippen molar-refractivity contribution >= 4 is 0 Å². The molecule has 104 valence electrons. The molecule has 2 heterocycles. The van der Waals surface area contributed by atoms with Crippen molar-refractivity contribution in [3.8, 4) is 0 Å². The number of hydrogen-bond acceptors (Lipinski definition) is 5. The van der Waals surface area contributed by atoms with Crippen molar-refractivity contribution in [2.45, 2.75) is 50.2 Å². The van der Waals surface area contributed by atoms with Crippen LogP contribution in [0.2, 0.25) is 0 Å². The molecule has 0 bridgehead atoms. The Bertz CT molecular complexity index is 405. The van der Waals surface area contributed by atoms with Crippen LogP contribution in [0.1, 0.15) is 50.3 Å². The molecule has 1 aromatic heterocycles. The summed E-state index contributed by atoms with van der Waals surface area (Å²) in [5.41, 5.74) is 4.05. The molecule has 3 rings (SSSR count). The highest BCUT2D eigenvalue weighted by Crippen LogP contribution is 2.44. The molecule has 5 heteroatoms. The number of rotatable bonds is 3. The number of ether oxygens (including phenoxy) is 1. The van der Waals surface area contributed by atoms with Gasteiger partial charge in [-0.3, -0.25) is 11.3 Å². The van der Waals surface area contributed by atoms with Gasteiger partial charge in [-0.1, -0.05) is 12.8 Å². The second-order valence-electron chi connectivity index (χ2n) is 5.77. The van der Waals surface area contributed by atoms with Crippen LogP contribution in [0.5, 0.6) is 0 Å². The van der Waals surface area contributed by atoms with Crippen LogP contribution in [0.4, 0.5) is 0 Å². The minimum Gasteiger partial charge on any atom is -0.375 e. The molecule has 2 unspecified atom stereocenters. The fourth-order valence-electron chi connectivity index (χ4n) is 3.67. The van der Waals surface area contributed by atoms with E-state index in [0.29, 0.717) is 5.92 Å². The van der Waals surface area contributed by atoms with Crippen molar-refractivity contribution in [3.05, 3.63) is 24.3 Å². The van der Waals surface area contributed by atoms with E-state index in [2.05, 4.69) is 15.4 Å². The van der Waals surface area contributed by atoms with Crippen molar-refractivity contribution in [2.75, 3.05) is 6.61 Å². The van der Waals surface area contributed by atoms with Gasteiger partial charge in [0.2, 0.25) is 0 Å². The topological polar surface area (TPSA) is 73.1 Å². The van der Waals surface area contributed by atoms with Gasteiger partial charge in [-0.15, -0.1) is 0 Å². The van der Waals surface area contributed by atoms with Crippen LogP contribution in [-0.4, -0.2) is 22.2 Å². The third kappa shape index (κ3) is 2.63. The van der Waals surface area contributed by atoms with E-state index in [4.69, 9.17) is 10.6 Å². The fourth-order valence-corrected chi connectivity index (χ4v) is 3.67. The maximum absolute atomic E-state index is 6.09. The molecule has 1 aromatic rings. The van der Waals surface area contributed by atoms with E-state index >= 15 is 0 Å². The lowest BCUT2D eigenvalue weighted by atomic mass is 9.80. The molecule has 0 aromatic carbocycles. The van der Waals surface area contributed by atoms with Gasteiger partial charge in [0.1, 0.15) is 6.33 Å². The molecular weight excluding hydrogens is 240 g/mol. The SMILES string of the molecule is NNC(c1ccncn1)C1CCOC2(CCCC2)C1. The molecule has 19 heavy (non-hydrogen) atoms. The number of hydrazine groups is 1. The number of nitrogens with one attached hydrogen (secondary N) is 1. The largest absolute Gasteiger partial charge is 0.375 e. The molecule has 1 aliphatic heterocycles. The molecule has 1 aliphatic carbocycles. The number of nitrogens with zero attached hydrogens (tertiary/aromatic N) is 2. The maximum atomic E-state index is 6.09. The van der Waals surface area contributed by atoms with Crippen LogP contribution < -0.4 is 11.3 Å². The summed E-state index contributed by atoms with van der Waals surface area (Å²) in [5, 5.41) is 0. The van der Waals surface area contributed by atoms with Gasteiger partial charge >= 0.3 is 0 Å². The first-order chi connectivity index (χ1) is 9.33. The lowest BCUT2D eigenvalue weighted by molar-refractivity contribution is -0.0984. The first-order valence-electron chi connectivity index (χ1n) is 7.19. The third-order valence-electron chi connectivity index (χ3n) is 4.62. The van der Waals surface area contributed by atoms with Crippen LogP contribution in [0.15, 0.2) is 18.6 Å². The average molecular weight is 262 g/mol. The lowest BCUT2D eigenvalue weighted by Gasteiger charge is -2.41. The quantitative estimate of drug-likeness (QED) is 0.641. The second-order valence-corrected chi connectivity index (χ2v) is 5.77. The number of hydrogen-bond donors (Lipinski definition) is 2. The Kier molecular flexibility index (Phi) is 3.77. The van der Waals surface area contributed by atoms with Crippen molar-refractivity contribution in [1.82, 2.24) is 15.4 Å². The lowest BCUT2D eigenvalue weighted by Crippen LogP contribution is -2.43. The Labute approximate surface area is 113 Å². The Balaban J connectivity index is 1.76.